The molecule has 0 saturated carbocycles. The predicted molar refractivity (Wildman–Crippen MR) is 114 cm³/mol. The Balaban J connectivity index is 1.53. The molecule has 3 aromatic heterocycles. The number of ether oxygens (including phenoxy) is 1. The summed E-state index contributed by atoms with van der Waals surface area (Å²) in [6.07, 6.45) is 2.20. The number of hydrogen-bond acceptors (Lipinski definition) is 8. The summed E-state index contributed by atoms with van der Waals surface area (Å²) in [6.45, 7) is 2.28. The minimum Gasteiger partial charge on any atom is -0.487 e. The standard InChI is InChI=1S/C21H18F3N9O/c1-13(9-33-12-26-11-29-33)34-18-5-14(3-4-15(18)6-25)16-7-27-20(28-8-16)30-17-10-32(2)31-19(17)21(22,23)24/h3-5,7-8,10-13H,9H2,1-2H3,(H,27,28,30)/t13-/m0/s1. The first kappa shape index (κ1) is 22.7. The summed E-state index contributed by atoms with van der Waals surface area (Å²) in [6, 6.07) is 7.10. The first-order valence-electron chi connectivity index (χ1n) is 9.96. The van der Waals surface area contributed by atoms with E-state index in [4.69, 9.17) is 4.74 Å². The van der Waals surface area contributed by atoms with Crippen molar-refractivity contribution < 1.29 is 17.9 Å². The molecule has 1 N–H and O–H groups in total. The molecule has 0 saturated heterocycles. The average molecular weight is 469 g/mol. The fourth-order valence-electron chi connectivity index (χ4n) is 3.19. The number of nitrogens with zero attached hydrogens (tertiary/aromatic N) is 8. The van der Waals surface area contributed by atoms with Gasteiger partial charge in [-0.15, -0.1) is 0 Å². The number of aromatic nitrogens is 7. The monoisotopic (exact) mass is 469 g/mol. The molecule has 3 heterocycles. The van der Waals surface area contributed by atoms with Crippen molar-refractivity contribution in [2.45, 2.75) is 25.7 Å². The van der Waals surface area contributed by atoms with Gasteiger partial charge in [-0.05, 0) is 24.6 Å². The van der Waals surface area contributed by atoms with Crippen molar-refractivity contribution in [2.75, 3.05) is 5.32 Å². The van der Waals surface area contributed by atoms with Crippen LogP contribution in [0, 0.1) is 11.3 Å². The molecule has 0 fully saturated rings. The van der Waals surface area contributed by atoms with Crippen molar-refractivity contribution in [1.82, 2.24) is 34.5 Å². The molecule has 1 atom stereocenters. The van der Waals surface area contributed by atoms with Crippen LogP contribution in [-0.4, -0.2) is 40.6 Å². The van der Waals surface area contributed by atoms with Gasteiger partial charge < -0.3 is 10.1 Å². The van der Waals surface area contributed by atoms with Crippen molar-refractivity contribution in [3.63, 3.8) is 0 Å². The highest BCUT2D eigenvalue weighted by atomic mass is 19.4. The largest absolute Gasteiger partial charge is 0.487 e. The predicted octanol–water partition coefficient (Wildman–Crippen LogP) is 3.57. The van der Waals surface area contributed by atoms with E-state index < -0.39 is 11.9 Å². The van der Waals surface area contributed by atoms with Crippen LogP contribution in [0.1, 0.15) is 18.2 Å². The van der Waals surface area contributed by atoms with Crippen molar-refractivity contribution >= 4 is 11.6 Å². The molecule has 0 unspecified atom stereocenters. The van der Waals surface area contributed by atoms with Gasteiger partial charge in [0, 0.05) is 31.2 Å². The summed E-state index contributed by atoms with van der Waals surface area (Å²) in [5, 5.41) is 19.5. The molecule has 1 aromatic carbocycles. The molecule has 0 radical (unpaired) electrons. The van der Waals surface area contributed by atoms with Crippen LogP contribution in [0.5, 0.6) is 5.75 Å². The first-order chi connectivity index (χ1) is 16.2. The third-order valence-corrected chi connectivity index (χ3v) is 4.67. The smallest absolute Gasteiger partial charge is 0.437 e. The van der Waals surface area contributed by atoms with Crippen LogP contribution < -0.4 is 10.1 Å². The number of rotatable bonds is 7. The van der Waals surface area contributed by atoms with E-state index in [0.29, 0.717) is 29.0 Å². The molecule has 0 amide bonds. The van der Waals surface area contributed by atoms with Gasteiger partial charge in [-0.2, -0.15) is 28.6 Å². The number of halogens is 3. The highest BCUT2D eigenvalue weighted by molar-refractivity contribution is 5.67. The van der Waals surface area contributed by atoms with E-state index in [0.717, 1.165) is 4.68 Å². The van der Waals surface area contributed by atoms with Crippen LogP contribution in [0.25, 0.3) is 11.1 Å². The average Bonchev–Trinajstić information content (AvgIpc) is 3.43. The zero-order chi connectivity index (χ0) is 24.3. The molecule has 13 heteroatoms. The van der Waals surface area contributed by atoms with Crippen molar-refractivity contribution in [1.29, 1.82) is 5.26 Å². The second kappa shape index (κ2) is 9.18. The van der Waals surface area contributed by atoms with E-state index in [1.165, 1.54) is 32.0 Å². The fourth-order valence-corrected chi connectivity index (χ4v) is 3.19. The molecular weight excluding hydrogens is 451 g/mol. The molecule has 0 spiro atoms. The van der Waals surface area contributed by atoms with Crippen LogP contribution in [0.2, 0.25) is 0 Å². The summed E-state index contributed by atoms with van der Waals surface area (Å²) in [5.74, 6) is 0.355. The number of anilines is 2. The maximum atomic E-state index is 13.1. The molecule has 0 aliphatic rings. The van der Waals surface area contributed by atoms with Gasteiger partial charge in [0.1, 0.15) is 30.6 Å². The Morgan fingerprint density at radius 2 is 1.97 bits per heavy atom. The Morgan fingerprint density at radius 3 is 2.62 bits per heavy atom. The van der Waals surface area contributed by atoms with Crippen LogP contribution in [0.3, 0.4) is 0 Å². The first-order valence-corrected chi connectivity index (χ1v) is 9.96. The van der Waals surface area contributed by atoms with Gasteiger partial charge in [0.05, 0.1) is 17.8 Å². The lowest BCUT2D eigenvalue weighted by Crippen LogP contribution is -2.20. The van der Waals surface area contributed by atoms with Crippen molar-refractivity contribution in [2.24, 2.45) is 7.05 Å². The maximum absolute atomic E-state index is 13.1. The van der Waals surface area contributed by atoms with Gasteiger partial charge in [-0.1, -0.05) is 6.07 Å². The number of benzene rings is 1. The zero-order valence-electron chi connectivity index (χ0n) is 18.0. The quantitative estimate of drug-likeness (QED) is 0.436. The molecule has 34 heavy (non-hydrogen) atoms. The molecule has 0 aliphatic carbocycles. The normalized spacial score (nSPS) is 12.2. The minimum absolute atomic E-state index is 0.0196. The van der Waals surface area contributed by atoms with Crippen LogP contribution in [0.15, 0.2) is 49.4 Å². The molecule has 0 bridgehead atoms. The van der Waals surface area contributed by atoms with Gasteiger partial charge in [-0.3, -0.25) is 4.68 Å². The Hall–Kier alpha value is -4.47. The zero-order valence-corrected chi connectivity index (χ0v) is 18.0. The molecule has 10 nitrogen and oxygen atoms in total. The topological polar surface area (TPSA) is 119 Å². The van der Waals surface area contributed by atoms with E-state index >= 15 is 0 Å². The van der Waals surface area contributed by atoms with Crippen molar-refractivity contribution in [3.8, 4) is 22.9 Å². The lowest BCUT2D eigenvalue weighted by molar-refractivity contribution is -0.140. The molecule has 4 rings (SSSR count). The van der Waals surface area contributed by atoms with E-state index in [1.807, 2.05) is 6.92 Å². The number of hydrogen-bond donors (Lipinski definition) is 1. The van der Waals surface area contributed by atoms with Gasteiger partial charge in [0.15, 0.2) is 5.69 Å². The third kappa shape index (κ3) is 5.12. The maximum Gasteiger partial charge on any atom is 0.437 e. The number of alkyl halides is 3. The number of aryl methyl sites for hydroxylation is 1. The fraction of sp³-hybridized carbons (Fsp3) is 0.238. The summed E-state index contributed by atoms with van der Waals surface area (Å²) >= 11 is 0. The second-order valence-electron chi connectivity index (χ2n) is 7.35. The number of nitriles is 1. The van der Waals surface area contributed by atoms with E-state index in [1.54, 1.807) is 29.2 Å². The van der Waals surface area contributed by atoms with Gasteiger partial charge >= 0.3 is 6.18 Å². The summed E-state index contributed by atoms with van der Waals surface area (Å²) in [5.41, 5.74) is 0.302. The Bertz CT molecular complexity index is 1310. The summed E-state index contributed by atoms with van der Waals surface area (Å²) < 4.78 is 48.1. The lowest BCUT2D eigenvalue weighted by Gasteiger charge is -2.16. The second-order valence-corrected chi connectivity index (χ2v) is 7.35. The Kier molecular flexibility index (Phi) is 6.13. The van der Waals surface area contributed by atoms with Crippen molar-refractivity contribution in [3.05, 3.63) is 60.7 Å². The molecule has 4 aromatic rings. The van der Waals surface area contributed by atoms with Gasteiger partial charge in [0.2, 0.25) is 5.95 Å². The Morgan fingerprint density at radius 1 is 1.21 bits per heavy atom. The molecule has 174 valence electrons. The Labute approximate surface area is 191 Å². The highest BCUT2D eigenvalue weighted by Gasteiger charge is 2.37. The van der Waals surface area contributed by atoms with Crippen LogP contribution >= 0.6 is 0 Å². The van der Waals surface area contributed by atoms with Crippen LogP contribution in [-0.2, 0) is 19.8 Å². The summed E-state index contributed by atoms with van der Waals surface area (Å²) in [4.78, 5) is 12.1. The SMILES string of the molecule is C[C@@H](Cn1cncn1)Oc1cc(-c2cnc(Nc3cn(C)nc3C(F)(F)F)nc2)ccc1C#N. The van der Waals surface area contributed by atoms with E-state index in [9.17, 15) is 18.4 Å². The summed E-state index contributed by atoms with van der Waals surface area (Å²) in [7, 11) is 1.39. The lowest BCUT2D eigenvalue weighted by atomic mass is 10.1. The van der Waals surface area contributed by atoms with Gasteiger partial charge in [0.25, 0.3) is 0 Å². The molecule has 0 aliphatic heterocycles. The highest BCUT2D eigenvalue weighted by Crippen LogP contribution is 2.34. The molecular formula is C21H18F3N9O. The minimum atomic E-state index is -4.62. The van der Waals surface area contributed by atoms with E-state index in [2.05, 4.69) is 36.5 Å². The van der Waals surface area contributed by atoms with Crippen LogP contribution in [0.4, 0.5) is 24.8 Å². The third-order valence-electron chi connectivity index (χ3n) is 4.67. The van der Waals surface area contributed by atoms with Gasteiger partial charge in [-0.25, -0.2) is 19.6 Å². The van der Waals surface area contributed by atoms with E-state index in [-0.39, 0.29) is 17.7 Å². The number of nitrogens with one attached hydrogen (secondary N) is 1.